The second-order valence-corrected chi connectivity index (χ2v) is 6.18. The zero-order valence-electron chi connectivity index (χ0n) is 15.1. The molecule has 26 heavy (non-hydrogen) atoms. The number of amides is 2. The van der Waals surface area contributed by atoms with Gasteiger partial charge in [-0.25, -0.2) is 0 Å². The van der Waals surface area contributed by atoms with Crippen molar-refractivity contribution in [2.24, 2.45) is 7.05 Å². The first kappa shape index (κ1) is 17.8. The molecule has 1 aromatic heterocycles. The van der Waals surface area contributed by atoms with Gasteiger partial charge in [0.1, 0.15) is 0 Å². The van der Waals surface area contributed by atoms with Crippen molar-refractivity contribution in [1.29, 1.82) is 0 Å². The molecule has 1 saturated heterocycles. The highest BCUT2D eigenvalue weighted by molar-refractivity contribution is 5.94. The predicted molar refractivity (Wildman–Crippen MR) is 96.4 cm³/mol. The Balaban J connectivity index is 1.50. The van der Waals surface area contributed by atoms with Gasteiger partial charge in [-0.05, 0) is 18.2 Å². The van der Waals surface area contributed by atoms with Crippen LogP contribution in [0.4, 0.5) is 0 Å². The van der Waals surface area contributed by atoms with Gasteiger partial charge in [-0.3, -0.25) is 9.59 Å². The van der Waals surface area contributed by atoms with Crippen molar-refractivity contribution in [3.8, 4) is 11.5 Å². The SMILES string of the molecule is COc1ccccc1OCC(=O)N1CCN(C(=O)c2ccn(C)c2)CC1. The molecule has 0 unspecified atom stereocenters. The Kier molecular flexibility index (Phi) is 5.46. The molecule has 1 fully saturated rings. The van der Waals surface area contributed by atoms with Crippen LogP contribution in [0, 0.1) is 0 Å². The Morgan fingerprint density at radius 2 is 1.65 bits per heavy atom. The van der Waals surface area contributed by atoms with Crippen molar-refractivity contribution in [2.75, 3.05) is 39.9 Å². The van der Waals surface area contributed by atoms with Crippen LogP contribution in [0.2, 0.25) is 0 Å². The number of carbonyl (C=O) groups excluding carboxylic acids is 2. The minimum Gasteiger partial charge on any atom is -0.493 e. The molecule has 0 spiro atoms. The van der Waals surface area contributed by atoms with Gasteiger partial charge >= 0.3 is 0 Å². The molecule has 0 radical (unpaired) electrons. The number of nitrogens with zero attached hydrogens (tertiary/aromatic N) is 3. The van der Waals surface area contributed by atoms with E-state index in [2.05, 4.69) is 0 Å². The quantitative estimate of drug-likeness (QED) is 0.811. The van der Waals surface area contributed by atoms with Crippen molar-refractivity contribution in [1.82, 2.24) is 14.4 Å². The van der Waals surface area contributed by atoms with E-state index in [1.54, 1.807) is 41.3 Å². The second-order valence-electron chi connectivity index (χ2n) is 6.18. The molecule has 7 nitrogen and oxygen atoms in total. The van der Waals surface area contributed by atoms with Gasteiger partial charge in [0, 0.05) is 45.6 Å². The van der Waals surface area contributed by atoms with Crippen molar-refractivity contribution in [2.45, 2.75) is 0 Å². The van der Waals surface area contributed by atoms with Gasteiger partial charge in [-0.15, -0.1) is 0 Å². The lowest BCUT2D eigenvalue weighted by molar-refractivity contribution is -0.134. The van der Waals surface area contributed by atoms with Crippen molar-refractivity contribution < 1.29 is 19.1 Å². The number of ether oxygens (including phenoxy) is 2. The molecule has 0 saturated carbocycles. The standard InChI is InChI=1S/C19H23N3O4/c1-20-8-7-15(13-20)19(24)22-11-9-21(10-12-22)18(23)14-26-17-6-4-3-5-16(17)25-2/h3-8,13H,9-12,14H2,1-2H3. The summed E-state index contributed by atoms with van der Waals surface area (Å²) < 4.78 is 12.7. The maximum atomic E-state index is 12.4. The lowest BCUT2D eigenvalue weighted by atomic mass is 10.2. The van der Waals surface area contributed by atoms with Gasteiger partial charge in [0.05, 0.1) is 12.7 Å². The van der Waals surface area contributed by atoms with Crippen LogP contribution in [-0.2, 0) is 11.8 Å². The average Bonchev–Trinajstić information content (AvgIpc) is 3.12. The highest BCUT2D eigenvalue weighted by atomic mass is 16.5. The molecule has 0 bridgehead atoms. The maximum absolute atomic E-state index is 12.4. The van der Waals surface area contributed by atoms with Gasteiger partial charge in [0.25, 0.3) is 11.8 Å². The topological polar surface area (TPSA) is 64.0 Å². The summed E-state index contributed by atoms with van der Waals surface area (Å²) in [4.78, 5) is 28.3. The highest BCUT2D eigenvalue weighted by Gasteiger charge is 2.25. The summed E-state index contributed by atoms with van der Waals surface area (Å²) in [6.45, 7) is 2.01. The largest absolute Gasteiger partial charge is 0.493 e. The Bertz CT molecular complexity index is 779. The van der Waals surface area contributed by atoms with E-state index in [0.29, 0.717) is 43.2 Å². The third-order valence-electron chi connectivity index (χ3n) is 4.42. The minimum atomic E-state index is -0.0947. The lowest BCUT2D eigenvalue weighted by Gasteiger charge is -2.34. The predicted octanol–water partition coefficient (Wildman–Crippen LogP) is 1.40. The molecule has 3 rings (SSSR count). The van der Waals surface area contributed by atoms with E-state index in [4.69, 9.17) is 9.47 Å². The van der Waals surface area contributed by atoms with E-state index >= 15 is 0 Å². The summed E-state index contributed by atoms with van der Waals surface area (Å²) in [5.41, 5.74) is 0.673. The molecule has 0 aliphatic carbocycles. The number of benzene rings is 1. The molecule has 0 N–H and O–H groups in total. The fraction of sp³-hybridized carbons (Fsp3) is 0.368. The van der Waals surface area contributed by atoms with Gasteiger partial charge in [0.15, 0.2) is 18.1 Å². The Hall–Kier alpha value is -2.96. The maximum Gasteiger partial charge on any atom is 0.260 e. The Morgan fingerprint density at radius 3 is 2.27 bits per heavy atom. The molecular weight excluding hydrogens is 334 g/mol. The smallest absolute Gasteiger partial charge is 0.260 e. The molecule has 2 amide bonds. The first-order valence-electron chi connectivity index (χ1n) is 8.53. The molecule has 7 heteroatoms. The molecule has 138 valence electrons. The molecule has 0 atom stereocenters. The molecule has 2 heterocycles. The van der Waals surface area contributed by atoms with E-state index in [9.17, 15) is 9.59 Å². The average molecular weight is 357 g/mol. The summed E-state index contributed by atoms with van der Waals surface area (Å²) >= 11 is 0. The van der Waals surface area contributed by atoms with E-state index in [0.717, 1.165) is 0 Å². The van der Waals surface area contributed by atoms with Crippen LogP contribution in [0.1, 0.15) is 10.4 Å². The second kappa shape index (κ2) is 7.95. The van der Waals surface area contributed by atoms with Crippen LogP contribution in [0.25, 0.3) is 0 Å². The van der Waals surface area contributed by atoms with E-state index < -0.39 is 0 Å². The zero-order chi connectivity index (χ0) is 18.5. The number of hydrogen-bond donors (Lipinski definition) is 0. The fourth-order valence-corrected chi connectivity index (χ4v) is 2.94. The van der Waals surface area contributed by atoms with Crippen molar-refractivity contribution in [3.05, 3.63) is 48.3 Å². The molecule has 1 aliphatic heterocycles. The fourth-order valence-electron chi connectivity index (χ4n) is 2.94. The highest BCUT2D eigenvalue weighted by Crippen LogP contribution is 2.25. The summed E-state index contributed by atoms with van der Waals surface area (Å²) in [6.07, 6.45) is 3.66. The van der Waals surface area contributed by atoms with Gasteiger partial charge in [-0.2, -0.15) is 0 Å². The normalized spacial score (nSPS) is 14.2. The van der Waals surface area contributed by atoms with Gasteiger partial charge in [0.2, 0.25) is 0 Å². The lowest BCUT2D eigenvalue weighted by Crippen LogP contribution is -2.51. The van der Waals surface area contributed by atoms with Gasteiger partial charge < -0.3 is 23.8 Å². The first-order chi connectivity index (χ1) is 12.6. The third kappa shape index (κ3) is 3.99. The van der Waals surface area contributed by atoms with Gasteiger partial charge in [-0.1, -0.05) is 12.1 Å². The van der Waals surface area contributed by atoms with Crippen LogP contribution in [-0.4, -0.2) is 66.1 Å². The monoisotopic (exact) mass is 357 g/mol. The van der Waals surface area contributed by atoms with Crippen LogP contribution in [0.3, 0.4) is 0 Å². The summed E-state index contributed by atoms with van der Waals surface area (Å²) in [5, 5.41) is 0. The Labute approximate surface area is 152 Å². The summed E-state index contributed by atoms with van der Waals surface area (Å²) in [5.74, 6) is 1.05. The van der Waals surface area contributed by atoms with Crippen LogP contribution in [0.15, 0.2) is 42.7 Å². The number of aryl methyl sites for hydroxylation is 1. The summed E-state index contributed by atoms with van der Waals surface area (Å²) in [6, 6.07) is 9.03. The van der Waals surface area contributed by atoms with Crippen molar-refractivity contribution >= 4 is 11.8 Å². The minimum absolute atomic E-state index is 0.00275. The third-order valence-corrected chi connectivity index (χ3v) is 4.42. The number of methoxy groups -OCH3 is 1. The zero-order valence-corrected chi connectivity index (χ0v) is 15.1. The summed E-state index contributed by atoms with van der Waals surface area (Å²) in [7, 11) is 3.45. The number of hydrogen-bond acceptors (Lipinski definition) is 4. The number of rotatable bonds is 5. The van der Waals surface area contributed by atoms with Crippen molar-refractivity contribution in [3.63, 3.8) is 0 Å². The number of piperazine rings is 1. The number of carbonyl (C=O) groups is 2. The van der Waals surface area contributed by atoms with Crippen LogP contribution < -0.4 is 9.47 Å². The number of aromatic nitrogens is 1. The van der Waals surface area contributed by atoms with Crippen LogP contribution >= 0.6 is 0 Å². The Morgan fingerprint density at radius 1 is 1.00 bits per heavy atom. The van der Waals surface area contributed by atoms with E-state index in [1.807, 2.05) is 29.9 Å². The number of para-hydroxylation sites is 2. The van der Waals surface area contributed by atoms with E-state index in [-0.39, 0.29) is 18.4 Å². The molecule has 1 aliphatic rings. The van der Waals surface area contributed by atoms with E-state index in [1.165, 1.54) is 0 Å². The van der Waals surface area contributed by atoms with Crippen LogP contribution in [0.5, 0.6) is 11.5 Å². The molecule has 2 aromatic rings. The molecule has 1 aromatic carbocycles. The molecular formula is C19H23N3O4. The first-order valence-corrected chi connectivity index (χ1v) is 8.53.